The van der Waals surface area contributed by atoms with Crippen molar-refractivity contribution in [1.82, 2.24) is 5.32 Å². The largest absolute Gasteiger partial charge is 0.330 e. The molecular formula is C13H22N2. The van der Waals surface area contributed by atoms with Crippen LogP contribution < -0.4 is 11.1 Å². The van der Waals surface area contributed by atoms with Crippen LogP contribution in [0.1, 0.15) is 31.0 Å². The van der Waals surface area contributed by atoms with E-state index >= 15 is 0 Å². The quantitative estimate of drug-likeness (QED) is 0.793. The summed E-state index contributed by atoms with van der Waals surface area (Å²) in [7, 11) is 1.99. The highest BCUT2D eigenvalue weighted by Crippen LogP contribution is 2.31. The fraction of sp³-hybridized carbons (Fsp3) is 0.538. The molecular weight excluding hydrogens is 184 g/mol. The minimum absolute atomic E-state index is 0.0734. The van der Waals surface area contributed by atoms with Gasteiger partial charge in [0.25, 0.3) is 0 Å². The summed E-state index contributed by atoms with van der Waals surface area (Å²) in [5, 5.41) is 3.35. The lowest BCUT2D eigenvalue weighted by Crippen LogP contribution is -2.37. The first kappa shape index (κ1) is 12.2. The topological polar surface area (TPSA) is 38.0 Å². The van der Waals surface area contributed by atoms with Crippen molar-refractivity contribution >= 4 is 0 Å². The van der Waals surface area contributed by atoms with Crippen LogP contribution in [-0.4, -0.2) is 13.6 Å². The number of benzene rings is 1. The molecule has 15 heavy (non-hydrogen) atoms. The molecule has 0 fully saturated rings. The van der Waals surface area contributed by atoms with Crippen molar-refractivity contribution in [1.29, 1.82) is 0 Å². The molecule has 0 saturated heterocycles. The van der Waals surface area contributed by atoms with Gasteiger partial charge in [-0.3, -0.25) is 0 Å². The Labute approximate surface area is 92.9 Å². The molecule has 0 saturated carbocycles. The predicted molar refractivity (Wildman–Crippen MR) is 65.8 cm³/mol. The molecule has 1 unspecified atom stereocenters. The zero-order valence-corrected chi connectivity index (χ0v) is 10.2. The summed E-state index contributed by atoms with van der Waals surface area (Å²) in [4.78, 5) is 0. The van der Waals surface area contributed by atoms with E-state index in [1.807, 2.05) is 7.05 Å². The molecule has 3 N–H and O–H groups in total. The van der Waals surface area contributed by atoms with Gasteiger partial charge in [0.1, 0.15) is 0 Å². The van der Waals surface area contributed by atoms with Crippen LogP contribution in [0.5, 0.6) is 0 Å². The van der Waals surface area contributed by atoms with Gasteiger partial charge >= 0.3 is 0 Å². The summed E-state index contributed by atoms with van der Waals surface area (Å²) in [6.07, 6.45) is 0. The first-order valence-corrected chi connectivity index (χ1v) is 5.45. The van der Waals surface area contributed by atoms with Gasteiger partial charge in [0.05, 0.1) is 0 Å². The minimum atomic E-state index is 0.0734. The molecule has 0 spiro atoms. The molecule has 0 aliphatic heterocycles. The highest BCUT2D eigenvalue weighted by atomic mass is 14.9. The second kappa shape index (κ2) is 4.77. The third-order valence-corrected chi connectivity index (χ3v) is 3.01. The number of nitrogens with one attached hydrogen (secondary N) is 1. The second-order valence-corrected chi connectivity index (χ2v) is 4.83. The Kier molecular flexibility index (Phi) is 3.89. The highest BCUT2D eigenvalue weighted by molar-refractivity contribution is 5.25. The van der Waals surface area contributed by atoms with E-state index in [4.69, 9.17) is 5.73 Å². The maximum Gasteiger partial charge on any atom is 0.0381 e. The lowest BCUT2D eigenvalue weighted by atomic mass is 9.80. The summed E-state index contributed by atoms with van der Waals surface area (Å²) in [6.45, 7) is 7.15. The minimum Gasteiger partial charge on any atom is -0.330 e. The number of rotatable bonds is 4. The van der Waals surface area contributed by atoms with E-state index in [1.54, 1.807) is 0 Å². The molecule has 84 valence electrons. The van der Waals surface area contributed by atoms with Crippen LogP contribution in [0.4, 0.5) is 0 Å². The van der Waals surface area contributed by atoms with Crippen LogP contribution in [0.3, 0.4) is 0 Å². The van der Waals surface area contributed by atoms with Crippen LogP contribution in [0, 0.1) is 12.3 Å². The van der Waals surface area contributed by atoms with Gasteiger partial charge in [-0.1, -0.05) is 43.7 Å². The van der Waals surface area contributed by atoms with E-state index in [1.165, 1.54) is 11.1 Å². The van der Waals surface area contributed by atoms with Crippen molar-refractivity contribution in [2.24, 2.45) is 11.1 Å². The Bertz CT molecular complexity index is 301. The van der Waals surface area contributed by atoms with Crippen LogP contribution >= 0.6 is 0 Å². The standard InChI is InChI=1S/C13H22N2/c1-10-5-7-11(8-6-10)12(15-4)13(2,3)9-14/h5-8,12,15H,9,14H2,1-4H3. The van der Waals surface area contributed by atoms with Crippen LogP contribution in [0.15, 0.2) is 24.3 Å². The maximum absolute atomic E-state index is 5.81. The average Bonchev–Trinajstić information content (AvgIpc) is 2.22. The molecule has 0 aliphatic rings. The fourth-order valence-corrected chi connectivity index (χ4v) is 1.89. The zero-order valence-electron chi connectivity index (χ0n) is 10.2. The molecule has 2 heteroatoms. The van der Waals surface area contributed by atoms with Gasteiger partial charge in [-0.2, -0.15) is 0 Å². The lowest BCUT2D eigenvalue weighted by Gasteiger charge is -2.33. The van der Waals surface area contributed by atoms with E-state index in [9.17, 15) is 0 Å². The number of aryl methyl sites for hydroxylation is 1. The van der Waals surface area contributed by atoms with Crippen LogP contribution in [0.25, 0.3) is 0 Å². The van der Waals surface area contributed by atoms with Crippen molar-refractivity contribution in [3.8, 4) is 0 Å². The van der Waals surface area contributed by atoms with E-state index in [0.29, 0.717) is 12.6 Å². The van der Waals surface area contributed by atoms with E-state index < -0.39 is 0 Å². The molecule has 0 bridgehead atoms. The van der Waals surface area contributed by atoms with Gasteiger partial charge < -0.3 is 11.1 Å². The number of hydrogen-bond donors (Lipinski definition) is 2. The molecule has 1 atom stereocenters. The van der Waals surface area contributed by atoms with Gasteiger partial charge in [-0.05, 0) is 31.5 Å². The van der Waals surface area contributed by atoms with Gasteiger partial charge in [-0.25, -0.2) is 0 Å². The normalized spacial score (nSPS) is 13.9. The fourth-order valence-electron chi connectivity index (χ4n) is 1.89. The van der Waals surface area contributed by atoms with Crippen molar-refractivity contribution in [3.63, 3.8) is 0 Å². The number of nitrogens with two attached hydrogens (primary N) is 1. The lowest BCUT2D eigenvalue weighted by molar-refractivity contribution is 0.265. The van der Waals surface area contributed by atoms with Crippen molar-refractivity contribution in [3.05, 3.63) is 35.4 Å². The Morgan fingerprint density at radius 2 is 1.80 bits per heavy atom. The van der Waals surface area contributed by atoms with E-state index in [2.05, 4.69) is 50.4 Å². The Hall–Kier alpha value is -0.860. The third kappa shape index (κ3) is 2.80. The smallest absolute Gasteiger partial charge is 0.0381 e. The summed E-state index contributed by atoms with van der Waals surface area (Å²) >= 11 is 0. The van der Waals surface area contributed by atoms with Gasteiger partial charge in [0, 0.05) is 6.04 Å². The second-order valence-electron chi connectivity index (χ2n) is 4.83. The van der Waals surface area contributed by atoms with Crippen molar-refractivity contribution < 1.29 is 0 Å². The summed E-state index contributed by atoms with van der Waals surface area (Å²) in [6, 6.07) is 8.95. The molecule has 0 heterocycles. The third-order valence-electron chi connectivity index (χ3n) is 3.01. The van der Waals surface area contributed by atoms with Crippen LogP contribution in [-0.2, 0) is 0 Å². The summed E-state index contributed by atoms with van der Waals surface area (Å²) in [5.41, 5.74) is 8.48. The first-order chi connectivity index (χ1) is 7.01. The maximum atomic E-state index is 5.81. The highest BCUT2D eigenvalue weighted by Gasteiger charge is 2.27. The first-order valence-electron chi connectivity index (χ1n) is 5.45. The molecule has 1 aromatic carbocycles. The van der Waals surface area contributed by atoms with Crippen molar-refractivity contribution in [2.45, 2.75) is 26.8 Å². The summed E-state index contributed by atoms with van der Waals surface area (Å²) < 4.78 is 0. The molecule has 0 radical (unpaired) electrons. The predicted octanol–water partition coefficient (Wildman–Crippen LogP) is 2.24. The van der Waals surface area contributed by atoms with E-state index in [-0.39, 0.29) is 5.41 Å². The van der Waals surface area contributed by atoms with Gasteiger partial charge in [-0.15, -0.1) is 0 Å². The Balaban J connectivity index is 2.97. The van der Waals surface area contributed by atoms with E-state index in [0.717, 1.165) is 0 Å². The van der Waals surface area contributed by atoms with Crippen LogP contribution in [0.2, 0.25) is 0 Å². The van der Waals surface area contributed by atoms with Gasteiger partial charge in [0.15, 0.2) is 0 Å². The monoisotopic (exact) mass is 206 g/mol. The average molecular weight is 206 g/mol. The summed E-state index contributed by atoms with van der Waals surface area (Å²) in [5.74, 6) is 0. The van der Waals surface area contributed by atoms with Crippen molar-refractivity contribution in [2.75, 3.05) is 13.6 Å². The molecule has 1 rings (SSSR count). The Morgan fingerprint density at radius 3 is 2.20 bits per heavy atom. The molecule has 0 amide bonds. The zero-order chi connectivity index (χ0) is 11.5. The molecule has 2 nitrogen and oxygen atoms in total. The molecule has 0 aliphatic carbocycles. The Morgan fingerprint density at radius 1 is 1.27 bits per heavy atom. The SMILES string of the molecule is CNC(c1ccc(C)cc1)C(C)(C)CN. The molecule has 1 aromatic rings. The number of hydrogen-bond acceptors (Lipinski definition) is 2. The van der Waals surface area contributed by atoms with Gasteiger partial charge in [0.2, 0.25) is 0 Å². The molecule has 0 aromatic heterocycles.